The van der Waals surface area contributed by atoms with E-state index in [0.717, 1.165) is 36.9 Å². The third-order valence-corrected chi connectivity index (χ3v) is 4.65. The van der Waals surface area contributed by atoms with Crippen molar-refractivity contribution in [3.05, 3.63) is 46.2 Å². The lowest BCUT2D eigenvalue weighted by molar-refractivity contribution is 0.164. The van der Waals surface area contributed by atoms with Crippen LogP contribution in [0.1, 0.15) is 17.6 Å². The molecule has 1 atom stereocenters. The van der Waals surface area contributed by atoms with E-state index in [0.29, 0.717) is 18.4 Å². The third kappa shape index (κ3) is 4.03. The average molecular weight is 321 g/mol. The summed E-state index contributed by atoms with van der Waals surface area (Å²) < 4.78 is 18.5. The van der Waals surface area contributed by atoms with Crippen molar-refractivity contribution in [3.63, 3.8) is 0 Å². The van der Waals surface area contributed by atoms with Crippen LogP contribution in [0.15, 0.2) is 29.6 Å². The molecule has 3 rings (SSSR count). The SMILES string of the molecule is C[C@@H]1CNCCN1Cc1csc(COc2ccc(F)cc2)n1. The number of ether oxygens (including phenoxy) is 1. The van der Waals surface area contributed by atoms with E-state index in [2.05, 4.69) is 27.5 Å². The molecule has 1 N–H and O–H groups in total. The molecule has 2 aromatic rings. The highest BCUT2D eigenvalue weighted by atomic mass is 32.1. The Bertz CT molecular complexity index is 602. The Labute approximate surface area is 133 Å². The molecule has 6 heteroatoms. The lowest BCUT2D eigenvalue weighted by atomic mass is 10.2. The second-order valence-electron chi connectivity index (χ2n) is 5.50. The first kappa shape index (κ1) is 15.4. The van der Waals surface area contributed by atoms with Crippen LogP contribution in [0, 0.1) is 5.82 Å². The van der Waals surface area contributed by atoms with Crippen molar-refractivity contribution in [2.24, 2.45) is 0 Å². The van der Waals surface area contributed by atoms with Gasteiger partial charge in [-0.15, -0.1) is 11.3 Å². The molecular weight excluding hydrogens is 301 g/mol. The van der Waals surface area contributed by atoms with Crippen LogP contribution >= 0.6 is 11.3 Å². The predicted octanol–water partition coefficient (Wildman–Crippen LogP) is 2.65. The number of thiazole rings is 1. The minimum atomic E-state index is -0.256. The van der Waals surface area contributed by atoms with Crippen molar-refractivity contribution >= 4 is 11.3 Å². The van der Waals surface area contributed by atoms with Gasteiger partial charge in [0.05, 0.1) is 5.69 Å². The number of rotatable bonds is 5. The average Bonchev–Trinajstić information content (AvgIpc) is 2.97. The first-order chi connectivity index (χ1) is 10.7. The number of hydrogen-bond donors (Lipinski definition) is 1. The van der Waals surface area contributed by atoms with E-state index < -0.39 is 0 Å². The fourth-order valence-electron chi connectivity index (χ4n) is 2.49. The van der Waals surface area contributed by atoms with Gasteiger partial charge in [0.15, 0.2) is 0 Å². The Balaban J connectivity index is 1.53. The second kappa shape index (κ2) is 7.17. The van der Waals surface area contributed by atoms with Crippen LogP contribution in [0.25, 0.3) is 0 Å². The number of piperazine rings is 1. The van der Waals surface area contributed by atoms with Crippen LogP contribution in [-0.2, 0) is 13.2 Å². The molecule has 1 saturated heterocycles. The number of benzene rings is 1. The van der Waals surface area contributed by atoms with Crippen molar-refractivity contribution in [2.45, 2.75) is 26.1 Å². The minimum Gasteiger partial charge on any atom is -0.486 e. The van der Waals surface area contributed by atoms with Gasteiger partial charge in [-0.1, -0.05) is 0 Å². The molecule has 1 aromatic carbocycles. The van der Waals surface area contributed by atoms with E-state index in [9.17, 15) is 4.39 Å². The van der Waals surface area contributed by atoms with E-state index in [1.165, 1.54) is 12.1 Å². The Kier molecular flexibility index (Phi) is 5.02. The molecule has 22 heavy (non-hydrogen) atoms. The normalized spacial score (nSPS) is 19.3. The monoisotopic (exact) mass is 321 g/mol. The Hall–Kier alpha value is -1.50. The zero-order valence-electron chi connectivity index (χ0n) is 12.6. The maximum absolute atomic E-state index is 12.8. The van der Waals surface area contributed by atoms with Gasteiger partial charge in [-0.2, -0.15) is 0 Å². The van der Waals surface area contributed by atoms with E-state index in [1.807, 2.05) is 0 Å². The summed E-state index contributed by atoms with van der Waals surface area (Å²) in [4.78, 5) is 7.07. The van der Waals surface area contributed by atoms with Crippen LogP contribution in [-0.4, -0.2) is 35.6 Å². The molecule has 0 aliphatic carbocycles. The zero-order valence-corrected chi connectivity index (χ0v) is 13.4. The maximum Gasteiger partial charge on any atom is 0.140 e. The molecule has 118 valence electrons. The van der Waals surface area contributed by atoms with Crippen molar-refractivity contribution in [1.82, 2.24) is 15.2 Å². The summed E-state index contributed by atoms with van der Waals surface area (Å²) in [7, 11) is 0. The third-order valence-electron chi connectivity index (χ3n) is 3.78. The summed E-state index contributed by atoms with van der Waals surface area (Å²) in [6.45, 7) is 6.67. The molecule has 0 spiro atoms. The molecule has 1 fully saturated rings. The highest BCUT2D eigenvalue weighted by Gasteiger charge is 2.18. The molecule has 0 bridgehead atoms. The molecule has 2 heterocycles. The number of aromatic nitrogens is 1. The summed E-state index contributed by atoms with van der Waals surface area (Å²) >= 11 is 1.61. The largest absolute Gasteiger partial charge is 0.486 e. The summed E-state index contributed by atoms with van der Waals surface area (Å²) in [5, 5.41) is 6.43. The molecule has 1 aromatic heterocycles. The molecule has 1 aliphatic heterocycles. The lowest BCUT2D eigenvalue weighted by Crippen LogP contribution is -2.49. The molecule has 4 nitrogen and oxygen atoms in total. The first-order valence-corrected chi connectivity index (χ1v) is 8.35. The van der Waals surface area contributed by atoms with Gasteiger partial charge in [-0.25, -0.2) is 9.37 Å². The highest BCUT2D eigenvalue weighted by molar-refractivity contribution is 7.09. The second-order valence-corrected chi connectivity index (χ2v) is 6.44. The van der Waals surface area contributed by atoms with Crippen molar-refractivity contribution < 1.29 is 9.13 Å². The van der Waals surface area contributed by atoms with Crippen molar-refractivity contribution in [1.29, 1.82) is 0 Å². The van der Waals surface area contributed by atoms with Crippen molar-refractivity contribution in [3.8, 4) is 5.75 Å². The van der Waals surface area contributed by atoms with E-state index >= 15 is 0 Å². The van der Waals surface area contributed by atoms with Gasteiger partial charge in [-0.3, -0.25) is 4.90 Å². The van der Waals surface area contributed by atoms with Gasteiger partial charge in [-0.05, 0) is 31.2 Å². The molecule has 0 radical (unpaired) electrons. The molecule has 1 aliphatic rings. The maximum atomic E-state index is 12.8. The van der Waals surface area contributed by atoms with E-state index in [4.69, 9.17) is 4.74 Å². The minimum absolute atomic E-state index is 0.256. The predicted molar refractivity (Wildman–Crippen MR) is 85.6 cm³/mol. The van der Waals surface area contributed by atoms with Crippen LogP contribution in [0.4, 0.5) is 4.39 Å². The highest BCUT2D eigenvalue weighted by Crippen LogP contribution is 2.17. The number of halogens is 1. The van der Waals surface area contributed by atoms with Gasteiger partial charge in [0.2, 0.25) is 0 Å². The van der Waals surface area contributed by atoms with Gasteiger partial charge < -0.3 is 10.1 Å². The molecule has 0 amide bonds. The number of nitrogens with one attached hydrogen (secondary N) is 1. The fourth-order valence-corrected chi connectivity index (χ4v) is 3.19. The van der Waals surface area contributed by atoms with Gasteiger partial charge in [0.1, 0.15) is 23.2 Å². The Morgan fingerprint density at radius 3 is 3.00 bits per heavy atom. The van der Waals surface area contributed by atoms with Crippen molar-refractivity contribution in [2.75, 3.05) is 19.6 Å². The zero-order chi connectivity index (χ0) is 15.4. The Morgan fingerprint density at radius 1 is 1.41 bits per heavy atom. The summed E-state index contributed by atoms with van der Waals surface area (Å²) in [5.41, 5.74) is 1.09. The van der Waals surface area contributed by atoms with Gasteiger partial charge in [0, 0.05) is 37.6 Å². The topological polar surface area (TPSA) is 37.4 Å². The molecular formula is C16H20FN3OS. The van der Waals surface area contributed by atoms with Crippen LogP contribution < -0.4 is 10.1 Å². The summed E-state index contributed by atoms with van der Waals surface area (Å²) in [6.07, 6.45) is 0. The van der Waals surface area contributed by atoms with E-state index in [1.54, 1.807) is 23.5 Å². The quantitative estimate of drug-likeness (QED) is 0.919. The summed E-state index contributed by atoms with van der Waals surface area (Å²) in [6, 6.07) is 6.59. The first-order valence-electron chi connectivity index (χ1n) is 7.47. The fraction of sp³-hybridized carbons (Fsp3) is 0.438. The smallest absolute Gasteiger partial charge is 0.140 e. The number of nitrogens with zero attached hydrogens (tertiary/aromatic N) is 2. The van der Waals surface area contributed by atoms with Crippen LogP contribution in [0.5, 0.6) is 5.75 Å². The van der Waals surface area contributed by atoms with E-state index in [-0.39, 0.29) is 5.82 Å². The van der Waals surface area contributed by atoms with Gasteiger partial charge >= 0.3 is 0 Å². The van der Waals surface area contributed by atoms with Crippen LogP contribution in [0.3, 0.4) is 0 Å². The van der Waals surface area contributed by atoms with Gasteiger partial charge in [0.25, 0.3) is 0 Å². The standard InChI is InChI=1S/C16H20FN3OS/c1-12-8-18-6-7-20(12)9-14-11-22-16(19-14)10-21-15-4-2-13(17)3-5-15/h2-5,11-12,18H,6-10H2,1H3/t12-/m1/s1. The number of hydrogen-bond acceptors (Lipinski definition) is 5. The lowest BCUT2D eigenvalue weighted by Gasteiger charge is -2.33. The molecule has 0 unspecified atom stereocenters. The summed E-state index contributed by atoms with van der Waals surface area (Å²) in [5.74, 6) is 0.405. The molecule has 0 saturated carbocycles. The Morgan fingerprint density at radius 2 is 2.23 bits per heavy atom. The van der Waals surface area contributed by atoms with Crippen LogP contribution in [0.2, 0.25) is 0 Å².